The third-order valence-electron chi connectivity index (χ3n) is 6.38. The summed E-state index contributed by atoms with van der Waals surface area (Å²) in [5.41, 5.74) is 3.07. The molecular weight excluding hydrogens is 446 g/mol. The highest BCUT2D eigenvalue weighted by molar-refractivity contribution is 6.46. The molecule has 7 heteroatoms. The first-order valence-corrected chi connectivity index (χ1v) is 11.4. The maximum absolute atomic E-state index is 13.3. The van der Waals surface area contributed by atoms with Gasteiger partial charge in [-0.05, 0) is 47.4 Å². The summed E-state index contributed by atoms with van der Waals surface area (Å²) in [6.07, 6.45) is 0.852. The van der Waals surface area contributed by atoms with Crippen LogP contribution in [-0.4, -0.2) is 35.6 Å². The van der Waals surface area contributed by atoms with E-state index in [1.54, 1.807) is 49.6 Å². The Morgan fingerprint density at radius 2 is 1.74 bits per heavy atom. The fourth-order valence-corrected chi connectivity index (χ4v) is 4.49. The van der Waals surface area contributed by atoms with E-state index < -0.39 is 17.7 Å². The molecule has 0 radical (unpaired) electrons. The number of hydrogen-bond acceptors (Lipinski definition) is 6. The first-order valence-electron chi connectivity index (χ1n) is 11.4. The number of Topliss-reactive ketones (excluding diaryl/α,β-unsaturated/α-hetero) is 1. The number of methoxy groups -OCH3 is 1. The van der Waals surface area contributed by atoms with E-state index in [-0.39, 0.29) is 24.7 Å². The standard InChI is InChI=1S/C28H25NO6/c1-3-17-7-10-19(11-8-17)26(30)24-25(20-5-4-6-21(14-20)33-2)29(28(32)27(24)31)15-18-9-12-22-23(13-18)35-16-34-22/h4-14,25,30H,3,15-16H2,1-2H3/b26-24+. The second-order valence-corrected chi connectivity index (χ2v) is 8.44. The van der Waals surface area contributed by atoms with Gasteiger partial charge in [0.05, 0.1) is 18.7 Å². The van der Waals surface area contributed by atoms with Crippen LogP contribution in [0.4, 0.5) is 0 Å². The number of carbonyl (C=O) groups is 2. The van der Waals surface area contributed by atoms with E-state index in [4.69, 9.17) is 14.2 Å². The van der Waals surface area contributed by atoms with E-state index in [0.29, 0.717) is 28.4 Å². The summed E-state index contributed by atoms with van der Waals surface area (Å²) in [6.45, 7) is 2.33. The molecule has 0 saturated carbocycles. The van der Waals surface area contributed by atoms with Crippen LogP contribution in [0.15, 0.2) is 72.3 Å². The van der Waals surface area contributed by atoms with Crippen molar-refractivity contribution in [1.82, 2.24) is 4.90 Å². The zero-order valence-electron chi connectivity index (χ0n) is 19.5. The van der Waals surface area contributed by atoms with Gasteiger partial charge in [-0.1, -0.05) is 49.4 Å². The van der Waals surface area contributed by atoms with Crippen LogP contribution < -0.4 is 14.2 Å². The van der Waals surface area contributed by atoms with Crippen molar-refractivity contribution in [3.05, 3.63) is 94.6 Å². The molecule has 178 valence electrons. The Morgan fingerprint density at radius 1 is 1.00 bits per heavy atom. The first kappa shape index (κ1) is 22.5. The maximum Gasteiger partial charge on any atom is 0.295 e. The number of amides is 1. The zero-order chi connectivity index (χ0) is 24.5. The zero-order valence-corrected chi connectivity index (χ0v) is 19.5. The molecule has 1 unspecified atom stereocenters. The molecule has 2 aliphatic heterocycles. The molecule has 1 N–H and O–H groups in total. The quantitative estimate of drug-likeness (QED) is 0.321. The number of carbonyl (C=O) groups excluding carboxylic acids is 2. The van der Waals surface area contributed by atoms with Crippen LogP contribution in [0.3, 0.4) is 0 Å². The van der Waals surface area contributed by atoms with Gasteiger partial charge in [0.2, 0.25) is 6.79 Å². The van der Waals surface area contributed by atoms with E-state index in [9.17, 15) is 14.7 Å². The topological polar surface area (TPSA) is 85.3 Å². The van der Waals surface area contributed by atoms with Gasteiger partial charge in [0.25, 0.3) is 11.7 Å². The van der Waals surface area contributed by atoms with Crippen LogP contribution in [0.25, 0.3) is 5.76 Å². The molecule has 0 spiro atoms. The van der Waals surface area contributed by atoms with Crippen molar-refractivity contribution in [2.24, 2.45) is 0 Å². The number of benzene rings is 3. The van der Waals surface area contributed by atoms with Crippen LogP contribution in [0.1, 0.15) is 35.2 Å². The lowest BCUT2D eigenvalue weighted by Crippen LogP contribution is -2.29. The summed E-state index contributed by atoms with van der Waals surface area (Å²) in [5.74, 6) is 0.206. The molecule has 2 aliphatic rings. The van der Waals surface area contributed by atoms with Gasteiger partial charge < -0.3 is 24.2 Å². The highest BCUT2D eigenvalue weighted by Gasteiger charge is 2.46. The van der Waals surface area contributed by atoms with E-state index in [0.717, 1.165) is 17.5 Å². The number of hydrogen-bond donors (Lipinski definition) is 1. The maximum atomic E-state index is 13.3. The summed E-state index contributed by atoms with van der Waals surface area (Å²) in [6, 6.07) is 19.1. The van der Waals surface area contributed by atoms with E-state index in [2.05, 4.69) is 0 Å². The lowest BCUT2D eigenvalue weighted by atomic mass is 9.94. The molecule has 0 aromatic heterocycles. The number of aryl methyl sites for hydroxylation is 1. The molecule has 0 bridgehead atoms. The number of likely N-dealkylation sites (tertiary alicyclic amines) is 1. The van der Waals surface area contributed by atoms with Crippen molar-refractivity contribution < 1.29 is 28.9 Å². The van der Waals surface area contributed by atoms with Crippen LogP contribution >= 0.6 is 0 Å². The Kier molecular flexibility index (Phi) is 5.91. The predicted octanol–water partition coefficient (Wildman–Crippen LogP) is 4.61. The van der Waals surface area contributed by atoms with Gasteiger partial charge >= 0.3 is 0 Å². The summed E-state index contributed by atoms with van der Waals surface area (Å²) in [5, 5.41) is 11.3. The minimum absolute atomic E-state index is 0.0493. The van der Waals surface area contributed by atoms with Crippen molar-refractivity contribution in [3.8, 4) is 17.2 Å². The fraction of sp³-hybridized carbons (Fsp3) is 0.214. The van der Waals surface area contributed by atoms with Gasteiger partial charge in [0.1, 0.15) is 11.5 Å². The number of aliphatic hydroxyl groups is 1. The minimum atomic E-state index is -0.790. The molecule has 1 saturated heterocycles. The predicted molar refractivity (Wildman–Crippen MR) is 129 cm³/mol. The first-order chi connectivity index (χ1) is 17.0. The number of fused-ring (bicyclic) bond motifs is 1. The monoisotopic (exact) mass is 471 g/mol. The molecule has 5 rings (SSSR count). The van der Waals surface area contributed by atoms with Crippen LogP contribution in [-0.2, 0) is 22.6 Å². The number of ether oxygens (including phenoxy) is 3. The van der Waals surface area contributed by atoms with Gasteiger partial charge in [0.15, 0.2) is 11.5 Å². The molecule has 1 fully saturated rings. The SMILES string of the molecule is CCc1ccc(/C(O)=C2\C(=O)C(=O)N(Cc3ccc4c(c3)OCO4)C2c2cccc(OC)c2)cc1. The molecule has 3 aromatic carbocycles. The lowest BCUT2D eigenvalue weighted by molar-refractivity contribution is -0.140. The summed E-state index contributed by atoms with van der Waals surface area (Å²) < 4.78 is 16.2. The van der Waals surface area contributed by atoms with Gasteiger partial charge in [-0.25, -0.2) is 0 Å². The number of rotatable bonds is 6. The molecule has 0 aliphatic carbocycles. The highest BCUT2D eigenvalue weighted by atomic mass is 16.7. The summed E-state index contributed by atoms with van der Waals surface area (Å²) in [4.78, 5) is 28.0. The Morgan fingerprint density at radius 3 is 2.49 bits per heavy atom. The van der Waals surface area contributed by atoms with Crippen LogP contribution in [0.2, 0.25) is 0 Å². The second kappa shape index (κ2) is 9.18. The van der Waals surface area contributed by atoms with Gasteiger partial charge in [-0.3, -0.25) is 9.59 Å². The second-order valence-electron chi connectivity index (χ2n) is 8.44. The number of nitrogens with zero attached hydrogens (tertiary/aromatic N) is 1. The summed E-state index contributed by atoms with van der Waals surface area (Å²) >= 11 is 0. The third kappa shape index (κ3) is 4.10. The smallest absolute Gasteiger partial charge is 0.295 e. The minimum Gasteiger partial charge on any atom is -0.507 e. The molecule has 1 amide bonds. The Labute approximate surface area is 203 Å². The van der Waals surface area contributed by atoms with Crippen molar-refractivity contribution in [3.63, 3.8) is 0 Å². The van der Waals surface area contributed by atoms with Gasteiger partial charge in [-0.2, -0.15) is 0 Å². The molecule has 2 heterocycles. The highest BCUT2D eigenvalue weighted by Crippen LogP contribution is 2.42. The fourth-order valence-electron chi connectivity index (χ4n) is 4.49. The van der Waals surface area contributed by atoms with E-state index in [1.165, 1.54) is 4.90 Å². The largest absolute Gasteiger partial charge is 0.507 e. The number of aliphatic hydroxyl groups excluding tert-OH is 1. The van der Waals surface area contributed by atoms with Crippen molar-refractivity contribution in [1.29, 1.82) is 0 Å². The van der Waals surface area contributed by atoms with E-state index in [1.807, 2.05) is 31.2 Å². The number of ketones is 1. The third-order valence-corrected chi connectivity index (χ3v) is 6.38. The van der Waals surface area contributed by atoms with Crippen LogP contribution in [0.5, 0.6) is 17.2 Å². The molecular formula is C28H25NO6. The average Bonchev–Trinajstić information content (AvgIpc) is 3.46. The van der Waals surface area contributed by atoms with Crippen molar-refractivity contribution >= 4 is 17.4 Å². The Hall–Kier alpha value is -4.26. The Bertz CT molecular complexity index is 1330. The summed E-state index contributed by atoms with van der Waals surface area (Å²) in [7, 11) is 1.55. The molecule has 7 nitrogen and oxygen atoms in total. The normalized spacial score (nSPS) is 18.2. The van der Waals surface area contributed by atoms with Crippen LogP contribution in [0, 0.1) is 0 Å². The van der Waals surface area contributed by atoms with Gasteiger partial charge in [0, 0.05) is 12.1 Å². The lowest BCUT2D eigenvalue weighted by Gasteiger charge is -2.26. The van der Waals surface area contributed by atoms with E-state index >= 15 is 0 Å². The molecule has 3 aromatic rings. The molecule has 1 atom stereocenters. The van der Waals surface area contributed by atoms with Crippen molar-refractivity contribution in [2.45, 2.75) is 25.9 Å². The Balaban J connectivity index is 1.61. The average molecular weight is 472 g/mol. The van der Waals surface area contributed by atoms with Gasteiger partial charge in [-0.15, -0.1) is 0 Å². The van der Waals surface area contributed by atoms with Crippen molar-refractivity contribution in [2.75, 3.05) is 13.9 Å². The molecule has 35 heavy (non-hydrogen) atoms.